The molecule has 0 bridgehead atoms. The molecular formula is C21H24N4O4S. The Hall–Kier alpha value is -2.62. The molecule has 30 heavy (non-hydrogen) atoms. The van der Waals surface area contributed by atoms with E-state index in [9.17, 15) is 14.7 Å². The average molecular weight is 429 g/mol. The molecule has 0 aromatic carbocycles. The summed E-state index contributed by atoms with van der Waals surface area (Å²) in [5.74, 6) is -1.37. The molecule has 9 heteroatoms. The van der Waals surface area contributed by atoms with Crippen molar-refractivity contribution < 1.29 is 19.4 Å². The number of carbonyl (C=O) groups is 2. The third-order valence-corrected chi connectivity index (χ3v) is 6.49. The molecule has 1 N–H and O–H groups in total. The first-order valence-electron chi connectivity index (χ1n) is 9.90. The second kappa shape index (κ2) is 8.63. The van der Waals surface area contributed by atoms with E-state index in [2.05, 4.69) is 14.9 Å². The number of morpholine rings is 1. The van der Waals surface area contributed by atoms with Crippen LogP contribution in [0.15, 0.2) is 35.9 Å². The van der Waals surface area contributed by atoms with Gasteiger partial charge in [0.1, 0.15) is 0 Å². The lowest BCUT2D eigenvalue weighted by Gasteiger charge is -2.31. The molecule has 2 aromatic heterocycles. The fourth-order valence-electron chi connectivity index (χ4n) is 3.94. The number of hydrogen-bond donors (Lipinski definition) is 1. The predicted octanol–water partition coefficient (Wildman–Crippen LogP) is 2.07. The van der Waals surface area contributed by atoms with Crippen molar-refractivity contribution in [3.8, 4) is 0 Å². The fourth-order valence-corrected chi connectivity index (χ4v) is 4.81. The van der Waals surface area contributed by atoms with Gasteiger partial charge in [-0.25, -0.2) is 4.98 Å². The topological polar surface area (TPSA) is 95.9 Å². The monoisotopic (exact) mass is 428 g/mol. The molecule has 1 atom stereocenters. The Morgan fingerprint density at radius 3 is 2.70 bits per heavy atom. The first kappa shape index (κ1) is 20.6. The standard InChI is InChI=1S/C21H24N4O4S/c1-13-20(30-14(2)23-13)18(26)16-17(15-4-3-5-22-12-15)25(21(28)19(16)27)7-6-24-8-10-29-11-9-24/h3-5,12,17,27H,6-11H2,1-2H3/t17-/m1/s1. The maximum absolute atomic E-state index is 13.4. The number of rotatable bonds is 6. The number of amides is 1. The van der Waals surface area contributed by atoms with Crippen molar-refractivity contribution in [3.05, 3.63) is 57.0 Å². The van der Waals surface area contributed by atoms with Gasteiger partial charge >= 0.3 is 0 Å². The Balaban J connectivity index is 1.67. The van der Waals surface area contributed by atoms with Crippen LogP contribution in [0.5, 0.6) is 0 Å². The summed E-state index contributed by atoms with van der Waals surface area (Å²) in [6.07, 6.45) is 3.27. The molecule has 158 valence electrons. The summed E-state index contributed by atoms with van der Waals surface area (Å²) >= 11 is 1.27. The van der Waals surface area contributed by atoms with E-state index in [0.717, 1.165) is 18.1 Å². The number of aryl methyl sites for hydroxylation is 2. The van der Waals surface area contributed by atoms with Crippen LogP contribution in [0.1, 0.15) is 32.0 Å². The second-order valence-corrected chi connectivity index (χ2v) is 8.58. The molecule has 1 saturated heterocycles. The van der Waals surface area contributed by atoms with E-state index in [4.69, 9.17) is 4.74 Å². The van der Waals surface area contributed by atoms with Gasteiger partial charge in [-0.3, -0.25) is 19.5 Å². The highest BCUT2D eigenvalue weighted by atomic mass is 32.1. The van der Waals surface area contributed by atoms with E-state index in [0.29, 0.717) is 42.4 Å². The van der Waals surface area contributed by atoms with Crippen LogP contribution in [0.2, 0.25) is 0 Å². The van der Waals surface area contributed by atoms with Crippen LogP contribution in [0.4, 0.5) is 0 Å². The normalized spacial score (nSPS) is 20.3. The quantitative estimate of drug-likeness (QED) is 0.704. The SMILES string of the molecule is Cc1nc(C)c(C(=O)C2=C(O)C(=O)N(CCN3CCOCC3)[C@@H]2c2cccnc2)s1. The van der Waals surface area contributed by atoms with Gasteiger partial charge in [-0.15, -0.1) is 11.3 Å². The van der Waals surface area contributed by atoms with Gasteiger partial charge in [0.2, 0.25) is 5.78 Å². The lowest BCUT2D eigenvalue weighted by molar-refractivity contribution is -0.129. The number of ketones is 1. The summed E-state index contributed by atoms with van der Waals surface area (Å²) in [7, 11) is 0. The van der Waals surface area contributed by atoms with Crippen LogP contribution in [-0.4, -0.2) is 76.0 Å². The van der Waals surface area contributed by atoms with E-state index in [1.54, 1.807) is 30.3 Å². The number of thiazole rings is 1. The zero-order valence-corrected chi connectivity index (χ0v) is 17.8. The van der Waals surface area contributed by atoms with Crippen LogP contribution in [-0.2, 0) is 9.53 Å². The van der Waals surface area contributed by atoms with Crippen molar-refractivity contribution >= 4 is 23.0 Å². The Kier molecular flexibility index (Phi) is 5.94. The average Bonchev–Trinajstić information content (AvgIpc) is 3.23. The van der Waals surface area contributed by atoms with Crippen molar-refractivity contribution in [1.29, 1.82) is 0 Å². The number of carbonyl (C=O) groups excluding carboxylic acids is 2. The lowest BCUT2D eigenvalue weighted by atomic mass is 9.96. The molecule has 0 aliphatic carbocycles. The van der Waals surface area contributed by atoms with Gasteiger partial charge < -0.3 is 14.7 Å². The van der Waals surface area contributed by atoms with Crippen molar-refractivity contribution in [3.63, 3.8) is 0 Å². The lowest BCUT2D eigenvalue weighted by Crippen LogP contribution is -2.43. The summed E-state index contributed by atoms with van der Waals surface area (Å²) in [5, 5.41) is 11.5. The highest BCUT2D eigenvalue weighted by Gasteiger charge is 2.44. The van der Waals surface area contributed by atoms with Crippen molar-refractivity contribution in [2.45, 2.75) is 19.9 Å². The van der Waals surface area contributed by atoms with E-state index in [1.165, 1.54) is 11.3 Å². The van der Waals surface area contributed by atoms with Crippen molar-refractivity contribution in [2.24, 2.45) is 0 Å². The fraction of sp³-hybridized carbons (Fsp3) is 0.429. The zero-order chi connectivity index (χ0) is 21.3. The first-order valence-corrected chi connectivity index (χ1v) is 10.7. The molecule has 1 fully saturated rings. The molecule has 0 spiro atoms. The van der Waals surface area contributed by atoms with E-state index in [-0.39, 0.29) is 11.4 Å². The minimum atomic E-state index is -0.679. The smallest absolute Gasteiger partial charge is 0.290 e. The van der Waals surface area contributed by atoms with Crippen LogP contribution in [0.25, 0.3) is 0 Å². The molecule has 4 heterocycles. The number of hydrogen-bond acceptors (Lipinski definition) is 8. The molecule has 2 aliphatic rings. The Morgan fingerprint density at radius 2 is 2.07 bits per heavy atom. The highest BCUT2D eigenvalue weighted by Crippen LogP contribution is 2.39. The Bertz CT molecular complexity index is 982. The van der Waals surface area contributed by atoms with Crippen LogP contribution < -0.4 is 0 Å². The molecule has 4 rings (SSSR count). The van der Waals surface area contributed by atoms with E-state index >= 15 is 0 Å². The maximum atomic E-state index is 13.4. The molecule has 2 aromatic rings. The van der Waals surface area contributed by atoms with Gasteiger partial charge in [0.25, 0.3) is 5.91 Å². The minimum Gasteiger partial charge on any atom is -0.503 e. The number of nitrogens with zero attached hydrogens (tertiary/aromatic N) is 4. The van der Waals surface area contributed by atoms with Crippen molar-refractivity contribution in [2.75, 3.05) is 39.4 Å². The van der Waals surface area contributed by atoms with Gasteiger partial charge in [-0.2, -0.15) is 0 Å². The van der Waals surface area contributed by atoms with Crippen LogP contribution in [0.3, 0.4) is 0 Å². The number of ether oxygens (including phenoxy) is 1. The van der Waals surface area contributed by atoms with E-state index < -0.39 is 17.7 Å². The van der Waals surface area contributed by atoms with Gasteiger partial charge in [-0.1, -0.05) is 6.07 Å². The summed E-state index contributed by atoms with van der Waals surface area (Å²) in [5.41, 5.74) is 1.40. The summed E-state index contributed by atoms with van der Waals surface area (Å²) in [4.78, 5) is 39.1. The third-order valence-electron chi connectivity index (χ3n) is 5.42. The summed E-state index contributed by atoms with van der Waals surface area (Å²) in [6, 6.07) is 2.91. The molecular weight excluding hydrogens is 404 g/mol. The number of aromatic nitrogens is 2. The van der Waals surface area contributed by atoms with E-state index in [1.807, 2.05) is 13.0 Å². The molecule has 0 saturated carbocycles. The summed E-state index contributed by atoms with van der Waals surface area (Å²) < 4.78 is 5.38. The third kappa shape index (κ3) is 3.88. The maximum Gasteiger partial charge on any atom is 0.290 e. The molecule has 8 nitrogen and oxygen atoms in total. The first-order chi connectivity index (χ1) is 14.5. The molecule has 2 aliphatic heterocycles. The number of pyridine rings is 1. The molecule has 0 unspecified atom stereocenters. The largest absolute Gasteiger partial charge is 0.503 e. The van der Waals surface area contributed by atoms with Crippen LogP contribution in [0, 0.1) is 13.8 Å². The Morgan fingerprint density at radius 1 is 1.30 bits per heavy atom. The van der Waals surface area contributed by atoms with Gasteiger partial charge in [0.05, 0.1) is 40.4 Å². The highest BCUT2D eigenvalue weighted by molar-refractivity contribution is 7.14. The minimum absolute atomic E-state index is 0.0988. The van der Waals surface area contributed by atoms with Gasteiger partial charge in [-0.05, 0) is 25.5 Å². The van der Waals surface area contributed by atoms with Crippen molar-refractivity contribution in [1.82, 2.24) is 19.8 Å². The second-order valence-electron chi connectivity index (χ2n) is 7.38. The molecule has 0 radical (unpaired) electrons. The van der Waals surface area contributed by atoms with Crippen LogP contribution >= 0.6 is 11.3 Å². The predicted molar refractivity (Wildman–Crippen MR) is 112 cm³/mol. The Labute approximate surface area is 178 Å². The number of aliphatic hydroxyl groups excluding tert-OH is 1. The zero-order valence-electron chi connectivity index (χ0n) is 17.0. The summed E-state index contributed by atoms with van der Waals surface area (Å²) in [6.45, 7) is 7.54. The van der Waals surface area contributed by atoms with Gasteiger partial charge in [0.15, 0.2) is 5.76 Å². The van der Waals surface area contributed by atoms with Gasteiger partial charge in [0, 0.05) is 38.6 Å². The number of Topliss-reactive ketones (excluding diaryl/α,β-unsaturated/α-hetero) is 1. The number of aliphatic hydroxyl groups is 1. The molecule has 1 amide bonds.